The predicted molar refractivity (Wildman–Crippen MR) is 78.7 cm³/mol. The number of hydrogen-bond donors (Lipinski definition) is 0. The number of carbonyl (C=O) groups excluding carboxylic acids is 1. The Bertz CT molecular complexity index is 644. The zero-order valence-corrected chi connectivity index (χ0v) is 12.2. The first kappa shape index (κ1) is 13.5. The number of aromatic nitrogens is 1. The van der Waals surface area contributed by atoms with Crippen molar-refractivity contribution in [3.63, 3.8) is 0 Å². The second kappa shape index (κ2) is 5.52. The molecular formula is C16H18N2O3. The van der Waals surface area contributed by atoms with Crippen LogP contribution < -0.4 is 9.47 Å². The van der Waals surface area contributed by atoms with E-state index in [9.17, 15) is 4.79 Å². The summed E-state index contributed by atoms with van der Waals surface area (Å²) in [5, 5.41) is 0. The highest BCUT2D eigenvalue weighted by Gasteiger charge is 2.34. The molecule has 1 aromatic heterocycles. The van der Waals surface area contributed by atoms with Crippen LogP contribution in [0.25, 0.3) is 0 Å². The van der Waals surface area contributed by atoms with Crippen LogP contribution in [0.1, 0.15) is 10.5 Å². The van der Waals surface area contributed by atoms with Crippen molar-refractivity contribution in [1.82, 2.24) is 9.47 Å². The molecule has 1 aliphatic rings. The van der Waals surface area contributed by atoms with Gasteiger partial charge in [0.25, 0.3) is 5.91 Å². The number of benzene rings is 1. The Kier molecular flexibility index (Phi) is 3.56. The summed E-state index contributed by atoms with van der Waals surface area (Å²) in [7, 11) is 3.49. The molecule has 0 N–H and O–H groups in total. The van der Waals surface area contributed by atoms with E-state index in [1.54, 1.807) is 12.0 Å². The molecule has 0 bridgehead atoms. The normalized spacial score (nSPS) is 14.7. The van der Waals surface area contributed by atoms with Gasteiger partial charge in [0.2, 0.25) is 0 Å². The fourth-order valence-electron chi connectivity index (χ4n) is 2.42. The summed E-state index contributed by atoms with van der Waals surface area (Å²) < 4.78 is 13.0. The van der Waals surface area contributed by atoms with Gasteiger partial charge in [0, 0.05) is 13.2 Å². The molecule has 3 rings (SSSR count). The number of carbonyl (C=O) groups is 1. The maximum atomic E-state index is 12.3. The van der Waals surface area contributed by atoms with E-state index >= 15 is 0 Å². The van der Waals surface area contributed by atoms with Gasteiger partial charge in [-0.15, -0.1) is 0 Å². The van der Waals surface area contributed by atoms with Crippen molar-refractivity contribution >= 4 is 5.91 Å². The van der Waals surface area contributed by atoms with Crippen LogP contribution in [0, 0.1) is 0 Å². The highest BCUT2D eigenvalue weighted by molar-refractivity contribution is 5.93. The van der Waals surface area contributed by atoms with E-state index in [-0.39, 0.29) is 12.0 Å². The third-order valence-electron chi connectivity index (χ3n) is 3.66. The lowest BCUT2D eigenvalue weighted by Crippen LogP contribution is -2.56. The number of aryl methyl sites for hydroxylation is 1. The minimum atomic E-state index is 0.0190. The molecule has 1 amide bonds. The Labute approximate surface area is 123 Å². The molecule has 0 saturated carbocycles. The van der Waals surface area contributed by atoms with Gasteiger partial charge in [-0.2, -0.15) is 0 Å². The van der Waals surface area contributed by atoms with Crippen LogP contribution in [-0.4, -0.2) is 41.7 Å². The highest BCUT2D eigenvalue weighted by Crippen LogP contribution is 2.29. The minimum Gasteiger partial charge on any atom is -0.493 e. The number of hydrogen-bond acceptors (Lipinski definition) is 3. The lowest BCUT2D eigenvalue weighted by molar-refractivity contribution is 0.0162. The number of methoxy groups -OCH3 is 1. The molecule has 0 unspecified atom stereocenters. The maximum Gasteiger partial charge on any atom is 0.270 e. The summed E-state index contributed by atoms with van der Waals surface area (Å²) in [4.78, 5) is 14.0. The summed E-state index contributed by atoms with van der Waals surface area (Å²) in [6.07, 6.45) is 1.89. The third-order valence-corrected chi connectivity index (χ3v) is 3.66. The maximum absolute atomic E-state index is 12.3. The average Bonchev–Trinajstić information content (AvgIpc) is 2.88. The van der Waals surface area contributed by atoms with Gasteiger partial charge in [-0.25, -0.2) is 0 Å². The molecule has 1 fully saturated rings. The molecule has 21 heavy (non-hydrogen) atoms. The van der Waals surface area contributed by atoms with Crippen molar-refractivity contribution < 1.29 is 14.3 Å². The van der Waals surface area contributed by atoms with Crippen LogP contribution >= 0.6 is 0 Å². The number of para-hydroxylation sites is 2. The monoisotopic (exact) mass is 286 g/mol. The summed E-state index contributed by atoms with van der Waals surface area (Å²) in [6, 6.07) is 11.2. The first-order valence-electron chi connectivity index (χ1n) is 6.89. The van der Waals surface area contributed by atoms with Crippen molar-refractivity contribution in [2.24, 2.45) is 7.05 Å². The van der Waals surface area contributed by atoms with Gasteiger partial charge in [0.1, 0.15) is 11.8 Å². The van der Waals surface area contributed by atoms with Gasteiger partial charge in [0.05, 0.1) is 20.2 Å². The van der Waals surface area contributed by atoms with Crippen LogP contribution in [0.4, 0.5) is 0 Å². The van der Waals surface area contributed by atoms with E-state index in [4.69, 9.17) is 9.47 Å². The second-order valence-corrected chi connectivity index (χ2v) is 5.11. The van der Waals surface area contributed by atoms with Gasteiger partial charge in [-0.1, -0.05) is 12.1 Å². The fourth-order valence-corrected chi connectivity index (χ4v) is 2.42. The Balaban J connectivity index is 1.59. The summed E-state index contributed by atoms with van der Waals surface area (Å²) in [5.74, 6) is 1.48. The summed E-state index contributed by atoms with van der Waals surface area (Å²) in [6.45, 7) is 1.20. The summed E-state index contributed by atoms with van der Waals surface area (Å²) >= 11 is 0. The Hall–Kier alpha value is -2.43. The Morgan fingerprint density at radius 3 is 2.48 bits per heavy atom. The molecule has 0 aliphatic carbocycles. The standard InChI is InChI=1S/C16H18N2O3/c1-17-9-5-6-13(17)16(19)18-10-12(11-18)21-15-8-4-3-7-14(15)20-2/h3-9,12H,10-11H2,1-2H3. The zero-order chi connectivity index (χ0) is 14.8. The average molecular weight is 286 g/mol. The molecule has 1 aromatic carbocycles. The molecule has 110 valence electrons. The Morgan fingerprint density at radius 2 is 1.86 bits per heavy atom. The van der Waals surface area contributed by atoms with Crippen molar-refractivity contribution in [2.75, 3.05) is 20.2 Å². The van der Waals surface area contributed by atoms with Crippen LogP contribution in [0.2, 0.25) is 0 Å². The molecule has 2 aromatic rings. The van der Waals surface area contributed by atoms with Crippen molar-refractivity contribution in [3.05, 3.63) is 48.3 Å². The molecule has 2 heterocycles. The molecular weight excluding hydrogens is 268 g/mol. The molecule has 1 aliphatic heterocycles. The van der Waals surface area contributed by atoms with E-state index in [0.29, 0.717) is 24.5 Å². The van der Waals surface area contributed by atoms with E-state index in [1.807, 2.05) is 54.2 Å². The first-order chi connectivity index (χ1) is 10.2. The SMILES string of the molecule is COc1ccccc1OC1CN(C(=O)c2cccn2C)C1. The second-order valence-electron chi connectivity index (χ2n) is 5.11. The predicted octanol–water partition coefficient (Wildman–Crippen LogP) is 1.94. The van der Waals surface area contributed by atoms with E-state index in [1.165, 1.54) is 0 Å². The van der Waals surface area contributed by atoms with Crippen LogP contribution in [0.3, 0.4) is 0 Å². The van der Waals surface area contributed by atoms with Crippen molar-refractivity contribution in [1.29, 1.82) is 0 Å². The van der Waals surface area contributed by atoms with Crippen molar-refractivity contribution in [2.45, 2.75) is 6.10 Å². The molecule has 1 saturated heterocycles. The molecule has 5 heteroatoms. The lowest BCUT2D eigenvalue weighted by atomic mass is 10.1. The largest absolute Gasteiger partial charge is 0.493 e. The van der Waals surface area contributed by atoms with Crippen molar-refractivity contribution in [3.8, 4) is 11.5 Å². The number of rotatable bonds is 4. The minimum absolute atomic E-state index is 0.0190. The fraction of sp³-hybridized carbons (Fsp3) is 0.312. The topological polar surface area (TPSA) is 43.7 Å². The van der Waals surface area contributed by atoms with Gasteiger partial charge in [0.15, 0.2) is 11.5 Å². The van der Waals surface area contributed by atoms with Crippen LogP contribution in [0.5, 0.6) is 11.5 Å². The highest BCUT2D eigenvalue weighted by atomic mass is 16.5. The molecule has 0 atom stereocenters. The van der Waals surface area contributed by atoms with Gasteiger partial charge >= 0.3 is 0 Å². The van der Waals surface area contributed by atoms with Gasteiger partial charge in [-0.3, -0.25) is 4.79 Å². The van der Waals surface area contributed by atoms with Gasteiger partial charge in [-0.05, 0) is 24.3 Å². The lowest BCUT2D eigenvalue weighted by Gasteiger charge is -2.39. The number of likely N-dealkylation sites (tertiary alicyclic amines) is 1. The molecule has 5 nitrogen and oxygen atoms in total. The van der Waals surface area contributed by atoms with E-state index in [0.717, 1.165) is 5.75 Å². The van der Waals surface area contributed by atoms with E-state index in [2.05, 4.69) is 0 Å². The number of ether oxygens (including phenoxy) is 2. The summed E-state index contributed by atoms with van der Waals surface area (Å²) in [5.41, 5.74) is 0.700. The molecule has 0 spiro atoms. The first-order valence-corrected chi connectivity index (χ1v) is 6.89. The van der Waals surface area contributed by atoms with Gasteiger partial charge < -0.3 is 18.9 Å². The smallest absolute Gasteiger partial charge is 0.270 e. The zero-order valence-electron chi connectivity index (χ0n) is 12.2. The van der Waals surface area contributed by atoms with E-state index < -0.39 is 0 Å². The van der Waals surface area contributed by atoms with Crippen LogP contribution in [-0.2, 0) is 7.05 Å². The third kappa shape index (κ3) is 2.59. The number of amides is 1. The van der Waals surface area contributed by atoms with Crippen LogP contribution in [0.15, 0.2) is 42.6 Å². The Morgan fingerprint density at radius 1 is 1.14 bits per heavy atom. The quantitative estimate of drug-likeness (QED) is 0.862. The number of nitrogens with zero attached hydrogens (tertiary/aromatic N) is 2. The molecule has 0 radical (unpaired) electrons.